The van der Waals surface area contributed by atoms with Crippen molar-refractivity contribution < 1.29 is 9.59 Å². The first-order chi connectivity index (χ1) is 16.7. The van der Waals surface area contributed by atoms with Gasteiger partial charge in [-0.2, -0.15) is 10.4 Å². The van der Waals surface area contributed by atoms with E-state index in [1.54, 1.807) is 12.1 Å². The predicted molar refractivity (Wildman–Crippen MR) is 132 cm³/mol. The molecule has 2 amide bonds. The molecule has 0 fully saturated rings. The zero-order valence-electron chi connectivity index (χ0n) is 18.7. The van der Waals surface area contributed by atoms with E-state index in [9.17, 15) is 9.59 Å². The van der Waals surface area contributed by atoms with Gasteiger partial charge in [0.25, 0.3) is 5.91 Å². The summed E-state index contributed by atoms with van der Waals surface area (Å²) in [4.78, 5) is 27.8. The summed E-state index contributed by atoms with van der Waals surface area (Å²) in [6.45, 7) is 0.456. The summed E-state index contributed by atoms with van der Waals surface area (Å²) in [5.74, 6) is -0.0891. The fraction of sp³-hybridized carbons (Fsp3) is 0.185. The third-order valence-electron chi connectivity index (χ3n) is 5.53. The Balaban J connectivity index is 1.59. The van der Waals surface area contributed by atoms with Gasteiger partial charge in [-0.05, 0) is 29.8 Å². The number of amides is 2. The highest BCUT2D eigenvalue weighted by atomic mass is 16.2. The molecule has 1 N–H and O–H groups in total. The first kappa shape index (κ1) is 22.7. The van der Waals surface area contributed by atoms with Crippen molar-refractivity contribution >= 4 is 29.0 Å². The molecule has 7 nitrogen and oxygen atoms in total. The Hall–Kier alpha value is -4.44. The van der Waals surface area contributed by atoms with Gasteiger partial charge in [-0.25, -0.2) is 5.01 Å². The maximum Gasteiger partial charge on any atom is 0.252 e. The second-order valence-corrected chi connectivity index (χ2v) is 7.87. The average Bonchev–Trinajstić information content (AvgIpc) is 3.31. The van der Waals surface area contributed by atoms with Crippen molar-refractivity contribution in [2.75, 3.05) is 16.8 Å². The van der Waals surface area contributed by atoms with Crippen molar-refractivity contribution in [2.24, 2.45) is 5.10 Å². The van der Waals surface area contributed by atoms with Gasteiger partial charge in [0.15, 0.2) is 0 Å². The minimum atomic E-state index is -0.393. The summed E-state index contributed by atoms with van der Waals surface area (Å²) in [5.41, 5.74) is 2.48. The Morgan fingerprint density at radius 3 is 2.24 bits per heavy atom. The molecule has 3 aromatic rings. The Morgan fingerprint density at radius 1 is 0.971 bits per heavy atom. The summed E-state index contributed by atoms with van der Waals surface area (Å²) in [7, 11) is 0. The van der Waals surface area contributed by atoms with Crippen LogP contribution in [0.4, 0.5) is 11.4 Å². The Bertz CT molecular complexity index is 1190. The molecule has 7 heteroatoms. The van der Waals surface area contributed by atoms with Gasteiger partial charge < -0.3 is 10.2 Å². The predicted octanol–water partition coefficient (Wildman–Crippen LogP) is 4.72. The van der Waals surface area contributed by atoms with Gasteiger partial charge in [0, 0.05) is 24.3 Å². The van der Waals surface area contributed by atoms with Crippen LogP contribution in [0.15, 0.2) is 96.1 Å². The van der Waals surface area contributed by atoms with Gasteiger partial charge in [-0.1, -0.05) is 66.7 Å². The summed E-state index contributed by atoms with van der Waals surface area (Å²) in [6, 6.07) is 30.2. The maximum atomic E-state index is 13.2. The molecule has 0 bridgehead atoms. The van der Waals surface area contributed by atoms with E-state index in [0.29, 0.717) is 30.9 Å². The summed E-state index contributed by atoms with van der Waals surface area (Å²) < 4.78 is 0. The molecule has 34 heavy (non-hydrogen) atoms. The number of hydrogen-bond acceptors (Lipinski definition) is 5. The quantitative estimate of drug-likeness (QED) is 0.526. The van der Waals surface area contributed by atoms with Crippen LogP contribution < -0.4 is 10.2 Å². The first-order valence-corrected chi connectivity index (χ1v) is 11.1. The van der Waals surface area contributed by atoms with E-state index in [1.807, 2.05) is 83.8 Å². The van der Waals surface area contributed by atoms with Crippen molar-refractivity contribution in [3.8, 4) is 6.07 Å². The number of benzene rings is 3. The largest absolute Gasteiger partial charge is 0.327 e. The summed E-state index contributed by atoms with van der Waals surface area (Å²) in [5, 5.41) is 18.0. The number of nitrogens with one attached hydrogen (secondary N) is 1. The topological polar surface area (TPSA) is 88.8 Å². The standard InChI is InChI=1S/C27H25N5O2/c28-17-10-18-31(23-15-8-3-9-16-23)25-19-24(21-11-4-1-5-12-21)32(30-25)27(34)20-26(33)29-22-13-6-2-7-14-22/h1-9,11-16,24H,10,18-20H2,(H,29,33). The van der Waals surface area contributed by atoms with Gasteiger partial charge in [0.1, 0.15) is 12.3 Å². The third-order valence-corrected chi connectivity index (χ3v) is 5.53. The minimum absolute atomic E-state index is 0.317. The van der Waals surface area contributed by atoms with Gasteiger partial charge in [-0.15, -0.1) is 0 Å². The molecule has 0 aliphatic carbocycles. The fourth-order valence-electron chi connectivity index (χ4n) is 3.94. The van der Waals surface area contributed by atoms with E-state index >= 15 is 0 Å². The molecule has 1 atom stereocenters. The molecule has 0 saturated carbocycles. The summed E-state index contributed by atoms with van der Waals surface area (Å²) in [6.07, 6.45) is 0.478. The Labute approximate surface area is 198 Å². The van der Waals surface area contributed by atoms with Crippen molar-refractivity contribution in [2.45, 2.75) is 25.3 Å². The highest BCUT2D eigenvalue weighted by Gasteiger charge is 2.35. The molecule has 0 saturated heterocycles. The minimum Gasteiger partial charge on any atom is -0.327 e. The molecule has 3 aromatic carbocycles. The molecular weight excluding hydrogens is 426 g/mol. The van der Waals surface area contributed by atoms with Crippen LogP contribution in [0.2, 0.25) is 0 Å². The number of hydrazone groups is 1. The van der Waals surface area contributed by atoms with E-state index in [2.05, 4.69) is 16.5 Å². The van der Waals surface area contributed by atoms with E-state index in [-0.39, 0.29) is 18.4 Å². The van der Waals surface area contributed by atoms with Gasteiger partial charge in [0.2, 0.25) is 5.91 Å². The van der Waals surface area contributed by atoms with Crippen LogP contribution >= 0.6 is 0 Å². The zero-order chi connectivity index (χ0) is 23.8. The number of rotatable bonds is 7. The average molecular weight is 452 g/mol. The second-order valence-electron chi connectivity index (χ2n) is 7.87. The van der Waals surface area contributed by atoms with E-state index < -0.39 is 5.91 Å². The Morgan fingerprint density at radius 2 is 1.59 bits per heavy atom. The van der Waals surface area contributed by atoms with Crippen LogP contribution in [-0.2, 0) is 9.59 Å². The molecule has 4 rings (SSSR count). The maximum absolute atomic E-state index is 13.2. The second kappa shape index (κ2) is 10.9. The number of amidine groups is 1. The number of anilines is 2. The number of nitrogens with zero attached hydrogens (tertiary/aromatic N) is 4. The van der Waals surface area contributed by atoms with E-state index in [4.69, 9.17) is 5.26 Å². The highest BCUT2D eigenvalue weighted by molar-refractivity contribution is 6.06. The van der Waals surface area contributed by atoms with Crippen LogP contribution in [0.1, 0.15) is 30.9 Å². The normalized spacial score (nSPS) is 14.7. The van der Waals surface area contributed by atoms with Gasteiger partial charge >= 0.3 is 0 Å². The number of nitriles is 1. The monoisotopic (exact) mass is 451 g/mol. The first-order valence-electron chi connectivity index (χ1n) is 11.1. The Kier molecular flexibility index (Phi) is 7.31. The fourth-order valence-corrected chi connectivity index (χ4v) is 3.94. The van der Waals surface area contributed by atoms with Crippen molar-refractivity contribution in [1.29, 1.82) is 5.26 Å². The van der Waals surface area contributed by atoms with Crippen LogP contribution in [-0.4, -0.2) is 29.2 Å². The van der Waals surface area contributed by atoms with Gasteiger partial charge in [0.05, 0.1) is 18.5 Å². The molecule has 1 heterocycles. The third kappa shape index (κ3) is 5.48. The molecule has 170 valence electrons. The molecule has 1 unspecified atom stereocenters. The molecular formula is C27H25N5O2. The lowest BCUT2D eigenvalue weighted by atomic mass is 10.0. The lowest BCUT2D eigenvalue weighted by molar-refractivity contribution is -0.136. The number of hydrogen-bond donors (Lipinski definition) is 1. The van der Waals surface area contributed by atoms with E-state index in [1.165, 1.54) is 5.01 Å². The number of para-hydroxylation sites is 2. The molecule has 1 aliphatic rings. The van der Waals surface area contributed by atoms with Crippen LogP contribution in [0.3, 0.4) is 0 Å². The number of carbonyl (C=O) groups is 2. The van der Waals surface area contributed by atoms with Crippen LogP contribution in [0, 0.1) is 11.3 Å². The van der Waals surface area contributed by atoms with Crippen molar-refractivity contribution in [1.82, 2.24) is 5.01 Å². The molecule has 1 aliphatic heterocycles. The van der Waals surface area contributed by atoms with E-state index in [0.717, 1.165) is 11.3 Å². The highest BCUT2D eigenvalue weighted by Crippen LogP contribution is 2.33. The SMILES string of the molecule is N#CCCN(C1=NN(C(=O)CC(=O)Nc2ccccc2)C(c2ccccc2)C1)c1ccccc1. The molecule has 0 aromatic heterocycles. The lowest BCUT2D eigenvalue weighted by Gasteiger charge is -2.23. The molecule has 0 spiro atoms. The van der Waals surface area contributed by atoms with Crippen molar-refractivity contribution in [3.05, 3.63) is 96.6 Å². The zero-order valence-corrected chi connectivity index (χ0v) is 18.7. The van der Waals surface area contributed by atoms with Crippen LogP contribution in [0.5, 0.6) is 0 Å². The lowest BCUT2D eigenvalue weighted by Crippen LogP contribution is -2.30. The summed E-state index contributed by atoms with van der Waals surface area (Å²) >= 11 is 0. The number of carbonyl (C=O) groups excluding carboxylic acids is 2. The van der Waals surface area contributed by atoms with Gasteiger partial charge in [-0.3, -0.25) is 9.59 Å². The van der Waals surface area contributed by atoms with Crippen molar-refractivity contribution in [3.63, 3.8) is 0 Å². The smallest absolute Gasteiger partial charge is 0.252 e. The van der Waals surface area contributed by atoms with Crippen LogP contribution in [0.25, 0.3) is 0 Å². The molecule has 0 radical (unpaired) electrons.